The maximum atomic E-state index is 13.0. The van der Waals surface area contributed by atoms with Gasteiger partial charge in [-0.1, -0.05) is 123 Å². The van der Waals surface area contributed by atoms with Crippen LogP contribution in [0.15, 0.2) is 119 Å². The summed E-state index contributed by atoms with van der Waals surface area (Å²) in [7, 11) is 0. The van der Waals surface area contributed by atoms with Crippen LogP contribution in [0.25, 0.3) is 0 Å². The van der Waals surface area contributed by atoms with Crippen LogP contribution in [-0.2, 0) is 67.1 Å². The molecule has 3 amide bonds. The average molecular weight is 1380 g/mol. The van der Waals surface area contributed by atoms with Crippen LogP contribution >= 0.6 is 11.6 Å². The van der Waals surface area contributed by atoms with E-state index >= 15 is 0 Å². The van der Waals surface area contributed by atoms with Crippen molar-refractivity contribution < 1.29 is 62.2 Å². The molecule has 6 heterocycles. The molecule has 0 saturated carbocycles. The van der Waals surface area contributed by atoms with E-state index in [4.69, 9.17) is 45.1 Å². The molecule has 3 aromatic carbocycles. The Morgan fingerprint density at radius 2 is 0.828 bits per heavy atom. The Morgan fingerprint density at radius 1 is 0.444 bits per heavy atom. The van der Waals surface area contributed by atoms with Crippen LogP contribution in [0, 0.1) is 41.5 Å². The second kappa shape index (κ2) is 41.9. The number of likely N-dealkylation sites (tertiary alicyclic amines) is 2. The Kier molecular flexibility index (Phi) is 32.9. The summed E-state index contributed by atoms with van der Waals surface area (Å²) < 4.78 is 22.2. The largest absolute Gasteiger partial charge is 0.462 e. The first-order chi connectivity index (χ1) is 47.8. The Balaban J connectivity index is 0.000000209. The minimum Gasteiger partial charge on any atom is -0.462 e. The van der Waals surface area contributed by atoms with E-state index in [1.165, 1.54) is 12.8 Å². The van der Waals surface area contributed by atoms with Crippen LogP contribution in [0.3, 0.4) is 0 Å². The molecule has 19 nitrogen and oxygen atoms in total. The number of hydrogen-bond donors (Lipinski definition) is 0. The Hall–Kier alpha value is -8.42. The predicted octanol–water partition coefficient (Wildman–Crippen LogP) is 14.3. The van der Waals surface area contributed by atoms with Crippen molar-refractivity contribution >= 4 is 64.4 Å². The van der Waals surface area contributed by atoms with E-state index < -0.39 is 5.97 Å². The molecule has 6 aliphatic heterocycles. The summed E-state index contributed by atoms with van der Waals surface area (Å²) >= 11 is 6.64. The van der Waals surface area contributed by atoms with E-state index in [9.17, 15) is 28.8 Å². The first kappa shape index (κ1) is 77.9. The molecule has 0 bridgehead atoms. The highest BCUT2D eigenvalue weighted by molar-refractivity contribution is 6.33. The Labute approximate surface area is 591 Å². The highest BCUT2D eigenvalue weighted by atomic mass is 35.5. The third kappa shape index (κ3) is 26.3. The fourth-order valence-electron chi connectivity index (χ4n) is 12.4. The zero-order chi connectivity index (χ0) is 70.9. The van der Waals surface area contributed by atoms with Gasteiger partial charge in [-0.25, -0.2) is 14.4 Å². The number of carbonyl (C=O) groups excluding carboxylic acids is 6. The molecule has 0 unspecified atom stereocenters. The summed E-state index contributed by atoms with van der Waals surface area (Å²) in [5.74, 6) is -1.22. The van der Waals surface area contributed by atoms with Crippen molar-refractivity contribution in [3.63, 3.8) is 0 Å². The minimum atomic E-state index is -0.401. The van der Waals surface area contributed by atoms with Crippen LogP contribution in [0.5, 0.6) is 0 Å². The van der Waals surface area contributed by atoms with Gasteiger partial charge in [-0.3, -0.25) is 14.4 Å². The van der Waals surface area contributed by atoms with Crippen molar-refractivity contribution in [2.75, 3.05) is 78.9 Å². The first-order valence-corrected chi connectivity index (χ1v) is 35.7. The van der Waals surface area contributed by atoms with Gasteiger partial charge < -0.3 is 48.2 Å². The lowest BCUT2D eigenvalue weighted by atomic mass is 9.94. The third-order valence-corrected chi connectivity index (χ3v) is 18.0. The number of fused-ring (bicyclic) bond motifs is 3. The zero-order valence-electron chi connectivity index (χ0n) is 59.6. The first-order valence-electron chi connectivity index (χ1n) is 35.3. The van der Waals surface area contributed by atoms with Crippen LogP contribution in [-0.4, -0.2) is 159 Å². The van der Waals surface area contributed by atoms with E-state index in [1.807, 2.05) is 126 Å². The van der Waals surface area contributed by atoms with Gasteiger partial charge in [0.2, 0.25) is 0 Å². The van der Waals surface area contributed by atoms with Crippen LogP contribution in [0.2, 0.25) is 5.02 Å². The summed E-state index contributed by atoms with van der Waals surface area (Å²) in [6.45, 7) is 20.8. The number of oxime groups is 3. The maximum absolute atomic E-state index is 13.0. The van der Waals surface area contributed by atoms with Gasteiger partial charge in [0.15, 0.2) is 19.8 Å². The smallest absolute Gasteiger partial charge is 0.338 e. The van der Waals surface area contributed by atoms with Gasteiger partial charge in [0.05, 0.1) is 53.6 Å². The SMILES string of the molecule is Cc1cc(C)c2c(c1)CC(=N/OCC(=O)N1CCCCC1)/C=C/CC/C=C/C[C@@H](C)OC2=O.Cc1cc(C)c2c(c1)CC(=N\OCC(=O)N1CCCCC1)/C=C/CC/C=C/C[C@@H](C)OC2=O.Cc1cc(C)c2c(c1Cl)CC(=N/OCC(=O)N1CCOCC1)/C=C/CC/C=C/CCOC2=O. The van der Waals surface area contributed by atoms with Crippen molar-refractivity contribution in [3.8, 4) is 0 Å². The van der Waals surface area contributed by atoms with Crippen molar-refractivity contribution in [2.24, 2.45) is 15.5 Å². The molecule has 534 valence electrons. The molecule has 6 aliphatic rings. The molecule has 0 spiro atoms. The summed E-state index contributed by atoms with van der Waals surface area (Å²) in [6.07, 6.45) is 38.8. The zero-order valence-corrected chi connectivity index (χ0v) is 60.3. The maximum Gasteiger partial charge on any atom is 0.338 e. The van der Waals surface area contributed by atoms with Crippen LogP contribution in [0.4, 0.5) is 0 Å². The molecule has 2 atom stereocenters. The molecule has 0 aromatic heterocycles. The fraction of sp³-hybridized carbons (Fsp3) is 0.506. The van der Waals surface area contributed by atoms with Gasteiger partial charge in [-0.2, -0.15) is 0 Å². The number of morpholine rings is 1. The molecule has 3 saturated heterocycles. The van der Waals surface area contributed by atoms with Gasteiger partial charge in [0, 0.05) is 76.4 Å². The van der Waals surface area contributed by atoms with Gasteiger partial charge in [0.1, 0.15) is 12.2 Å². The van der Waals surface area contributed by atoms with Gasteiger partial charge in [-0.15, -0.1) is 0 Å². The van der Waals surface area contributed by atoms with Crippen molar-refractivity contribution in [3.05, 3.63) is 175 Å². The van der Waals surface area contributed by atoms with E-state index in [2.05, 4.69) is 58.0 Å². The molecule has 3 fully saturated rings. The molecule has 0 N–H and O–H groups in total. The number of aryl methyl sites for hydroxylation is 6. The number of rotatable bonds is 9. The molecular weight excluding hydrogens is 1280 g/mol. The van der Waals surface area contributed by atoms with E-state index in [0.29, 0.717) is 109 Å². The quantitative estimate of drug-likeness (QED) is 0.0845. The van der Waals surface area contributed by atoms with Gasteiger partial charge in [0.25, 0.3) is 17.7 Å². The van der Waals surface area contributed by atoms with Crippen molar-refractivity contribution in [1.29, 1.82) is 0 Å². The number of hydrogen-bond acceptors (Lipinski definition) is 16. The van der Waals surface area contributed by atoms with E-state index in [0.717, 1.165) is 135 Å². The highest BCUT2D eigenvalue weighted by Gasteiger charge is 2.26. The highest BCUT2D eigenvalue weighted by Crippen LogP contribution is 2.30. The van der Waals surface area contributed by atoms with Crippen LogP contribution < -0.4 is 0 Å². The number of ether oxygens (including phenoxy) is 4. The number of allylic oxidation sites excluding steroid dienone is 9. The molecule has 3 aromatic rings. The average Bonchev–Trinajstić information content (AvgIpc) is 0.813. The lowest BCUT2D eigenvalue weighted by molar-refractivity contribution is -0.140. The summed E-state index contributed by atoms with van der Waals surface area (Å²) in [5.41, 5.74) is 11.5. The van der Waals surface area contributed by atoms with Crippen LogP contribution in [0.1, 0.15) is 191 Å². The normalized spacial score (nSPS) is 22.5. The second-order valence-electron chi connectivity index (χ2n) is 26.1. The number of esters is 3. The monoisotopic (exact) mass is 1380 g/mol. The number of carbonyl (C=O) groups is 6. The molecular formula is C79H103ClN6O13. The van der Waals surface area contributed by atoms with Crippen molar-refractivity contribution in [2.45, 2.75) is 183 Å². The third-order valence-electron chi connectivity index (χ3n) is 17.5. The number of piperidine rings is 2. The molecule has 20 heteroatoms. The number of nitrogens with zero attached hydrogens (tertiary/aromatic N) is 6. The summed E-state index contributed by atoms with van der Waals surface area (Å²) in [4.78, 5) is 98.0. The predicted molar refractivity (Wildman–Crippen MR) is 389 cm³/mol. The number of halogens is 1. The lowest BCUT2D eigenvalue weighted by Crippen LogP contribution is -2.42. The Bertz CT molecular complexity index is 3370. The van der Waals surface area contributed by atoms with E-state index in [1.54, 1.807) is 4.90 Å². The molecule has 9 rings (SSSR count). The van der Waals surface area contributed by atoms with Gasteiger partial charge >= 0.3 is 17.9 Å². The summed E-state index contributed by atoms with van der Waals surface area (Å²) in [5, 5.41) is 13.3. The number of amides is 3. The summed E-state index contributed by atoms with van der Waals surface area (Å²) in [6, 6.07) is 9.88. The Morgan fingerprint density at radius 3 is 1.27 bits per heavy atom. The van der Waals surface area contributed by atoms with Crippen molar-refractivity contribution in [1.82, 2.24) is 14.7 Å². The molecule has 0 aliphatic carbocycles. The topological polar surface area (TPSA) is 214 Å². The standard InChI is InChI=1S/2C27H36N2O4.C25H31ClN2O5/c2*1-20-16-21(2)26-23(17-20)18-24(28-32-19-25(30)29-14-10-7-11-15-29)13-9-6-4-5-8-12-22(3)33-27(26)31;1-18-15-19(2)24(26)21-16-20(27-33-17-22(29)28-10-13-31-14-11-28)9-7-5-3-4-6-8-12-32-25(30)23(18)21/h2*5,8-9,13,16-17,22H,4,6-7,10-12,14-15,18-19H2,1-3H3;4,6-7,9,15H,3,5,8,10-14,16-17H2,1-2H3/b8-5+,13-9+,28-24+;8-5+,13-9+,28-24-;6-4+,9-7+,27-20+/t2*22-;/m11./s1. The number of cyclic esters (lactones) is 3. The molecule has 0 radical (unpaired) electrons. The number of benzene rings is 3. The van der Waals surface area contributed by atoms with E-state index in [-0.39, 0.29) is 68.1 Å². The fourth-order valence-corrected chi connectivity index (χ4v) is 12.7. The van der Waals surface area contributed by atoms with Gasteiger partial charge in [-0.05, 0) is 196 Å². The minimum absolute atomic E-state index is 0.0290. The molecule has 99 heavy (non-hydrogen) atoms. The lowest BCUT2D eigenvalue weighted by Gasteiger charge is -2.26. The second-order valence-corrected chi connectivity index (χ2v) is 26.4.